The molecule has 1 atom stereocenters. The molecule has 1 fully saturated rings. The van der Waals surface area contributed by atoms with Crippen molar-refractivity contribution < 1.29 is 55.8 Å². The lowest BCUT2D eigenvalue weighted by Gasteiger charge is -2.37. The number of nitrogens with zero attached hydrogens (tertiary/aromatic N) is 3. The predicted octanol–water partition coefficient (Wildman–Crippen LogP) is 3.05. The molecule has 0 aliphatic carbocycles. The van der Waals surface area contributed by atoms with Gasteiger partial charge in [0, 0.05) is 31.1 Å². The van der Waals surface area contributed by atoms with Gasteiger partial charge >= 0.3 is 24.3 Å². The van der Waals surface area contributed by atoms with E-state index in [1.807, 2.05) is 18.5 Å². The molecule has 17 heteroatoms. The van der Waals surface area contributed by atoms with Crippen molar-refractivity contribution in [1.82, 2.24) is 15.2 Å². The van der Waals surface area contributed by atoms with Crippen LogP contribution in [0.15, 0.2) is 16.7 Å². The van der Waals surface area contributed by atoms with Crippen LogP contribution >= 0.6 is 11.3 Å². The zero-order chi connectivity index (χ0) is 27.6. The number of aliphatic carboxylic acids is 2. The molecule has 1 aromatic rings. The number of piperidine rings is 1. The van der Waals surface area contributed by atoms with Crippen molar-refractivity contribution in [3.8, 4) is 0 Å². The highest BCUT2D eigenvalue weighted by Crippen LogP contribution is 2.34. The zero-order valence-electron chi connectivity index (χ0n) is 18.9. The number of halogens is 6. The van der Waals surface area contributed by atoms with Gasteiger partial charge in [-0.25, -0.2) is 14.6 Å². The summed E-state index contributed by atoms with van der Waals surface area (Å²) in [5.74, 6) is -5.60. The lowest BCUT2D eigenvalue weighted by Crippen LogP contribution is -2.48. The molecule has 1 unspecified atom stereocenters. The molecule has 0 radical (unpaired) electrons. The van der Waals surface area contributed by atoms with Crippen molar-refractivity contribution >= 4 is 34.9 Å². The van der Waals surface area contributed by atoms with Crippen LogP contribution in [0.3, 0.4) is 0 Å². The lowest BCUT2D eigenvalue weighted by molar-refractivity contribution is -0.193. The predicted molar refractivity (Wildman–Crippen MR) is 113 cm³/mol. The average Bonchev–Trinajstić information content (AvgIpc) is 3.42. The third kappa shape index (κ3) is 10.8. The molecular weight excluding hydrogens is 526 g/mol. The van der Waals surface area contributed by atoms with Crippen LogP contribution in [0, 0.1) is 0 Å². The molecule has 10 nitrogen and oxygen atoms in total. The summed E-state index contributed by atoms with van der Waals surface area (Å²) >= 11 is 1.68. The highest BCUT2D eigenvalue weighted by Gasteiger charge is 2.44. The lowest BCUT2D eigenvalue weighted by atomic mass is 9.88. The summed E-state index contributed by atoms with van der Waals surface area (Å²) < 4.78 is 63.5. The van der Waals surface area contributed by atoms with Crippen molar-refractivity contribution in [3.05, 3.63) is 16.6 Å². The summed E-state index contributed by atoms with van der Waals surface area (Å²) in [6.07, 6.45) is -4.78. The molecule has 3 N–H and O–H groups in total. The Balaban J connectivity index is 0.000000383. The Labute approximate surface area is 204 Å². The summed E-state index contributed by atoms with van der Waals surface area (Å²) in [7, 11) is 0. The third-order valence-electron chi connectivity index (χ3n) is 4.58. The van der Waals surface area contributed by atoms with Gasteiger partial charge in [0.25, 0.3) is 5.91 Å². The number of aromatic nitrogens is 1. The highest BCUT2D eigenvalue weighted by molar-refractivity contribution is 7.09. The van der Waals surface area contributed by atoms with E-state index in [4.69, 9.17) is 24.6 Å². The number of thiazole rings is 1. The summed E-state index contributed by atoms with van der Waals surface area (Å²) in [4.78, 5) is 42.2. The number of oxime groups is 1. The Morgan fingerprint density at radius 1 is 1.17 bits per heavy atom. The van der Waals surface area contributed by atoms with E-state index in [-0.39, 0.29) is 11.5 Å². The molecule has 1 saturated heterocycles. The van der Waals surface area contributed by atoms with Crippen LogP contribution in [0.5, 0.6) is 0 Å². The molecule has 3 heterocycles. The van der Waals surface area contributed by atoms with Crippen molar-refractivity contribution in [1.29, 1.82) is 0 Å². The summed E-state index contributed by atoms with van der Waals surface area (Å²) in [5, 5.41) is 24.3. The number of hydrogen-bond acceptors (Lipinski definition) is 8. The number of carbonyl (C=O) groups is 3. The summed E-state index contributed by atoms with van der Waals surface area (Å²) in [6.45, 7) is 5.41. The van der Waals surface area contributed by atoms with Gasteiger partial charge in [-0.3, -0.25) is 9.69 Å². The smallest absolute Gasteiger partial charge is 0.475 e. The van der Waals surface area contributed by atoms with E-state index in [0.717, 1.165) is 43.9 Å². The van der Waals surface area contributed by atoms with Crippen molar-refractivity contribution in [2.45, 2.75) is 57.1 Å². The van der Waals surface area contributed by atoms with E-state index < -0.39 is 24.3 Å². The number of alkyl halides is 6. The highest BCUT2D eigenvalue weighted by atomic mass is 32.1. The van der Waals surface area contributed by atoms with Crippen LogP contribution in [0.25, 0.3) is 0 Å². The molecular formula is C19H24F6N4O6S. The fourth-order valence-corrected chi connectivity index (χ4v) is 3.71. The number of nitrogens with one attached hydrogen (secondary N) is 1. The van der Waals surface area contributed by atoms with Crippen LogP contribution < -0.4 is 5.32 Å². The first kappa shape index (κ1) is 31.1. The third-order valence-corrected chi connectivity index (χ3v) is 5.35. The van der Waals surface area contributed by atoms with Gasteiger partial charge in [-0.05, 0) is 25.8 Å². The molecule has 204 valence electrons. The van der Waals surface area contributed by atoms with Gasteiger partial charge in [-0.1, -0.05) is 12.1 Å². The van der Waals surface area contributed by atoms with Crippen molar-refractivity contribution in [3.63, 3.8) is 0 Å². The SMILES string of the molecule is CCCNC(=O)C1=NOC2(CCCN(Cc3nccs3)C2)C1.O=C(O)C(F)(F)F.O=C(O)C(F)(F)F. The fraction of sp³-hybridized carbons (Fsp3) is 0.632. The largest absolute Gasteiger partial charge is 0.490 e. The zero-order valence-corrected chi connectivity index (χ0v) is 19.7. The van der Waals surface area contributed by atoms with Gasteiger partial charge in [0.2, 0.25) is 0 Å². The van der Waals surface area contributed by atoms with Crippen molar-refractivity contribution in [2.75, 3.05) is 19.6 Å². The molecule has 36 heavy (non-hydrogen) atoms. The summed E-state index contributed by atoms with van der Waals surface area (Å²) in [5.41, 5.74) is 0.207. The first-order valence-corrected chi connectivity index (χ1v) is 11.2. The van der Waals surface area contributed by atoms with Crippen LogP contribution in [-0.2, 0) is 25.8 Å². The molecule has 2 aliphatic rings. The van der Waals surface area contributed by atoms with Crippen LogP contribution in [0.2, 0.25) is 0 Å². The maximum Gasteiger partial charge on any atom is 0.490 e. The minimum atomic E-state index is -5.08. The van der Waals surface area contributed by atoms with E-state index >= 15 is 0 Å². The van der Waals surface area contributed by atoms with Crippen LogP contribution in [0.4, 0.5) is 26.3 Å². The van der Waals surface area contributed by atoms with Crippen molar-refractivity contribution in [2.24, 2.45) is 5.16 Å². The van der Waals surface area contributed by atoms with Gasteiger partial charge < -0.3 is 20.4 Å². The number of carboxylic acids is 2. The number of amides is 1. The minimum Gasteiger partial charge on any atom is -0.475 e. The van der Waals surface area contributed by atoms with Crippen LogP contribution in [-0.4, -0.2) is 81.2 Å². The number of carbonyl (C=O) groups excluding carboxylic acids is 1. The monoisotopic (exact) mass is 550 g/mol. The first-order chi connectivity index (χ1) is 16.6. The van der Waals surface area contributed by atoms with Crippen LogP contribution in [0.1, 0.15) is 37.6 Å². The number of carboxylic acid groups (broad SMARTS) is 2. The Hall–Kier alpha value is -2.95. The normalized spacial score (nSPS) is 19.7. The molecule has 1 aromatic heterocycles. The second-order valence-electron chi connectivity index (χ2n) is 7.59. The molecule has 1 amide bonds. The Bertz CT molecular complexity index is 885. The van der Waals surface area contributed by atoms with Gasteiger partial charge in [-0.2, -0.15) is 26.3 Å². The molecule has 0 aromatic carbocycles. The Morgan fingerprint density at radius 3 is 2.22 bits per heavy atom. The van der Waals surface area contributed by atoms with E-state index in [1.54, 1.807) is 11.3 Å². The van der Waals surface area contributed by atoms with Gasteiger partial charge in [-0.15, -0.1) is 11.3 Å². The van der Waals surface area contributed by atoms with E-state index in [1.165, 1.54) is 0 Å². The van der Waals surface area contributed by atoms with E-state index in [2.05, 4.69) is 20.4 Å². The average molecular weight is 550 g/mol. The molecule has 0 bridgehead atoms. The van der Waals surface area contributed by atoms with E-state index in [9.17, 15) is 31.1 Å². The second kappa shape index (κ2) is 13.4. The molecule has 1 spiro atoms. The quantitative estimate of drug-likeness (QED) is 0.475. The fourth-order valence-electron chi connectivity index (χ4n) is 3.05. The van der Waals surface area contributed by atoms with Gasteiger partial charge in [0.1, 0.15) is 10.7 Å². The standard InChI is InChI=1S/C15H22N4O2S.2C2HF3O2/c1-2-5-17-14(20)12-9-15(21-18-12)4-3-7-19(11-15)10-13-16-6-8-22-13;2*3-2(4,5)1(6)7/h6,8H,2-5,7,9-11H2,1H3,(H,17,20);2*(H,6,7). The van der Waals surface area contributed by atoms with E-state index in [0.29, 0.717) is 18.7 Å². The Kier molecular flexibility index (Phi) is 11.6. The molecule has 3 rings (SSSR count). The maximum absolute atomic E-state index is 12.0. The molecule has 2 aliphatic heterocycles. The minimum absolute atomic E-state index is 0.0872. The number of hydrogen-bond donors (Lipinski definition) is 3. The summed E-state index contributed by atoms with van der Waals surface area (Å²) in [6, 6.07) is 0. The Morgan fingerprint density at radius 2 is 1.75 bits per heavy atom. The number of rotatable bonds is 5. The second-order valence-corrected chi connectivity index (χ2v) is 8.57. The number of likely N-dealkylation sites (tertiary alicyclic amines) is 1. The van der Waals surface area contributed by atoms with Gasteiger partial charge in [0.15, 0.2) is 5.60 Å². The van der Waals surface area contributed by atoms with Gasteiger partial charge in [0.05, 0.1) is 6.54 Å². The first-order valence-electron chi connectivity index (χ1n) is 10.3. The maximum atomic E-state index is 12.0. The molecule has 0 saturated carbocycles. The topological polar surface area (TPSA) is 141 Å².